The quantitative estimate of drug-likeness (QED) is 0.295. The molecule has 0 aromatic heterocycles. The number of nitro groups is 1. The molecule has 8 heteroatoms. The Labute approximate surface area is 187 Å². The van der Waals surface area contributed by atoms with Gasteiger partial charge in [0.05, 0.1) is 17.3 Å². The van der Waals surface area contributed by atoms with Crippen molar-refractivity contribution in [1.82, 2.24) is 9.80 Å². The number of carbonyl (C=O) groups is 1. The van der Waals surface area contributed by atoms with Crippen LogP contribution in [0.25, 0.3) is 0 Å². The molecule has 0 aliphatic carbocycles. The van der Waals surface area contributed by atoms with E-state index in [0.29, 0.717) is 25.3 Å². The molecule has 0 N–H and O–H groups in total. The van der Waals surface area contributed by atoms with Crippen molar-refractivity contribution in [3.63, 3.8) is 0 Å². The number of para-hydroxylation sites is 1. The normalized spacial score (nSPS) is 16.2. The van der Waals surface area contributed by atoms with E-state index in [-0.39, 0.29) is 17.0 Å². The van der Waals surface area contributed by atoms with Crippen molar-refractivity contribution in [3.05, 3.63) is 69.8 Å². The van der Waals surface area contributed by atoms with Gasteiger partial charge in [0.2, 0.25) is 5.91 Å². The second-order valence-corrected chi connectivity index (χ2v) is 8.63. The van der Waals surface area contributed by atoms with Crippen molar-refractivity contribution in [2.75, 3.05) is 39.0 Å². The highest BCUT2D eigenvalue weighted by atomic mass is 32.2. The first-order chi connectivity index (χ1) is 15.0. The molecule has 1 saturated heterocycles. The van der Waals surface area contributed by atoms with Gasteiger partial charge in [0.1, 0.15) is 11.1 Å². The number of benzene rings is 2. The fourth-order valence-electron chi connectivity index (χ4n) is 3.48. The standard InChI is InChI=1S/C23H29N3O4S/c1-3-24(2)14-6-16-30-21-8-5-4-7-20(21)23-25(22(27)17-31-23)15-13-18-9-11-19(12-10-18)26(28)29/h4-5,7-12,23H,3,6,13-17H2,1-2H3. The number of amides is 1. The Morgan fingerprint density at radius 2 is 1.97 bits per heavy atom. The summed E-state index contributed by atoms with van der Waals surface area (Å²) in [7, 11) is 2.09. The molecule has 1 aliphatic heterocycles. The van der Waals surface area contributed by atoms with Crippen LogP contribution < -0.4 is 4.74 Å². The van der Waals surface area contributed by atoms with Gasteiger partial charge in [0.25, 0.3) is 5.69 Å². The molecule has 31 heavy (non-hydrogen) atoms. The van der Waals surface area contributed by atoms with E-state index in [1.165, 1.54) is 12.1 Å². The van der Waals surface area contributed by atoms with Crippen molar-refractivity contribution in [2.45, 2.75) is 25.1 Å². The van der Waals surface area contributed by atoms with Crippen LogP contribution in [0.1, 0.15) is 29.8 Å². The van der Waals surface area contributed by atoms with Gasteiger partial charge < -0.3 is 14.5 Å². The summed E-state index contributed by atoms with van der Waals surface area (Å²) in [6, 6.07) is 14.5. The summed E-state index contributed by atoms with van der Waals surface area (Å²) in [6.07, 6.45) is 1.59. The summed E-state index contributed by atoms with van der Waals surface area (Å²) in [5.74, 6) is 1.38. The topological polar surface area (TPSA) is 75.9 Å². The molecule has 1 fully saturated rings. The minimum atomic E-state index is -0.405. The summed E-state index contributed by atoms with van der Waals surface area (Å²) in [6.45, 7) is 5.33. The molecule has 0 saturated carbocycles. The molecule has 0 radical (unpaired) electrons. The summed E-state index contributed by atoms with van der Waals surface area (Å²) in [4.78, 5) is 27.1. The molecule has 1 unspecified atom stereocenters. The van der Waals surface area contributed by atoms with E-state index in [1.807, 2.05) is 29.2 Å². The zero-order valence-corrected chi connectivity index (χ0v) is 18.8. The Morgan fingerprint density at radius 1 is 1.23 bits per heavy atom. The second-order valence-electron chi connectivity index (χ2n) is 7.56. The lowest BCUT2D eigenvalue weighted by Gasteiger charge is -2.26. The number of rotatable bonds is 11. The van der Waals surface area contributed by atoms with Gasteiger partial charge in [-0.1, -0.05) is 37.3 Å². The number of hydrogen-bond donors (Lipinski definition) is 0. The number of hydrogen-bond acceptors (Lipinski definition) is 6. The lowest BCUT2D eigenvalue weighted by molar-refractivity contribution is -0.384. The molecule has 166 valence electrons. The third-order valence-electron chi connectivity index (χ3n) is 5.42. The molecule has 7 nitrogen and oxygen atoms in total. The zero-order chi connectivity index (χ0) is 22.2. The van der Waals surface area contributed by atoms with Crippen LogP contribution >= 0.6 is 11.8 Å². The van der Waals surface area contributed by atoms with Gasteiger partial charge in [-0.15, -0.1) is 11.8 Å². The minimum Gasteiger partial charge on any atom is -0.493 e. The maximum Gasteiger partial charge on any atom is 0.269 e. The van der Waals surface area contributed by atoms with Crippen molar-refractivity contribution >= 4 is 23.4 Å². The van der Waals surface area contributed by atoms with E-state index in [4.69, 9.17) is 4.74 Å². The molecule has 1 amide bonds. The third kappa shape index (κ3) is 6.21. The average Bonchev–Trinajstić information content (AvgIpc) is 3.15. The van der Waals surface area contributed by atoms with Crippen molar-refractivity contribution < 1.29 is 14.5 Å². The number of nitrogens with zero attached hydrogens (tertiary/aromatic N) is 3. The highest BCUT2D eigenvalue weighted by molar-refractivity contribution is 8.00. The van der Waals surface area contributed by atoms with Crippen molar-refractivity contribution in [3.8, 4) is 5.75 Å². The van der Waals surface area contributed by atoms with Gasteiger partial charge in [-0.3, -0.25) is 14.9 Å². The van der Waals surface area contributed by atoms with Crippen LogP contribution in [-0.4, -0.2) is 59.7 Å². The largest absolute Gasteiger partial charge is 0.493 e. The van der Waals surface area contributed by atoms with Gasteiger partial charge >= 0.3 is 0 Å². The van der Waals surface area contributed by atoms with E-state index in [0.717, 1.165) is 36.4 Å². The van der Waals surface area contributed by atoms with Crippen LogP contribution in [0.2, 0.25) is 0 Å². The second kappa shape index (κ2) is 11.2. The third-order valence-corrected chi connectivity index (χ3v) is 6.66. The molecule has 1 atom stereocenters. The molecule has 0 bridgehead atoms. The van der Waals surface area contributed by atoms with E-state index in [1.54, 1.807) is 23.9 Å². The average molecular weight is 444 g/mol. The smallest absolute Gasteiger partial charge is 0.269 e. The maximum atomic E-state index is 12.6. The highest BCUT2D eigenvalue weighted by Crippen LogP contribution is 2.42. The van der Waals surface area contributed by atoms with Crippen LogP contribution in [0.3, 0.4) is 0 Å². The first-order valence-electron chi connectivity index (χ1n) is 10.5. The Morgan fingerprint density at radius 3 is 2.68 bits per heavy atom. The molecule has 2 aromatic rings. The fraction of sp³-hybridized carbons (Fsp3) is 0.435. The van der Waals surface area contributed by atoms with Crippen molar-refractivity contribution in [2.24, 2.45) is 0 Å². The molecule has 1 aliphatic rings. The van der Waals surface area contributed by atoms with E-state index in [9.17, 15) is 14.9 Å². The predicted octanol–water partition coefficient (Wildman–Crippen LogP) is 4.13. The number of non-ortho nitro benzene ring substituents is 1. The Balaban J connectivity index is 1.64. The number of thioether (sulfide) groups is 1. The lowest BCUT2D eigenvalue weighted by Crippen LogP contribution is -2.30. The van der Waals surface area contributed by atoms with Crippen molar-refractivity contribution in [1.29, 1.82) is 0 Å². The van der Waals surface area contributed by atoms with Crippen LogP contribution in [0.15, 0.2) is 48.5 Å². The lowest BCUT2D eigenvalue weighted by atomic mass is 10.1. The number of carbonyl (C=O) groups excluding carboxylic acids is 1. The molecule has 1 heterocycles. The molecule has 3 rings (SSSR count). The molecule has 0 spiro atoms. The SMILES string of the molecule is CCN(C)CCCOc1ccccc1C1SCC(=O)N1CCc1ccc([N+](=O)[O-])cc1. The predicted molar refractivity (Wildman–Crippen MR) is 123 cm³/mol. The first-order valence-corrected chi connectivity index (χ1v) is 11.6. The van der Waals surface area contributed by atoms with Crippen LogP contribution in [0.5, 0.6) is 5.75 Å². The summed E-state index contributed by atoms with van der Waals surface area (Å²) in [5, 5.41) is 10.7. The number of ether oxygens (including phenoxy) is 1. The zero-order valence-electron chi connectivity index (χ0n) is 18.0. The summed E-state index contributed by atoms with van der Waals surface area (Å²) < 4.78 is 6.08. The summed E-state index contributed by atoms with van der Waals surface area (Å²) in [5.41, 5.74) is 2.06. The van der Waals surface area contributed by atoms with Crippen LogP contribution in [-0.2, 0) is 11.2 Å². The monoisotopic (exact) mass is 443 g/mol. The Kier molecular flexibility index (Phi) is 8.31. The van der Waals surface area contributed by atoms with E-state index >= 15 is 0 Å². The minimum absolute atomic E-state index is 0.0747. The first kappa shape index (κ1) is 23.1. The van der Waals surface area contributed by atoms with Crippen LogP contribution in [0, 0.1) is 10.1 Å². The van der Waals surface area contributed by atoms with Gasteiger partial charge in [0.15, 0.2) is 0 Å². The van der Waals surface area contributed by atoms with Gasteiger partial charge in [-0.2, -0.15) is 0 Å². The highest BCUT2D eigenvalue weighted by Gasteiger charge is 2.34. The number of nitro benzene ring substituents is 1. The maximum absolute atomic E-state index is 12.6. The molecular weight excluding hydrogens is 414 g/mol. The van der Waals surface area contributed by atoms with E-state index < -0.39 is 4.92 Å². The van der Waals surface area contributed by atoms with Gasteiger partial charge in [0, 0.05) is 30.8 Å². The molecular formula is C23H29N3O4S. The van der Waals surface area contributed by atoms with E-state index in [2.05, 4.69) is 18.9 Å². The molecule has 2 aromatic carbocycles. The summed E-state index contributed by atoms with van der Waals surface area (Å²) >= 11 is 1.61. The van der Waals surface area contributed by atoms with Gasteiger partial charge in [-0.25, -0.2) is 0 Å². The Hall–Kier alpha value is -2.58. The van der Waals surface area contributed by atoms with Crippen LogP contribution in [0.4, 0.5) is 5.69 Å². The Bertz CT molecular complexity index is 891. The van der Waals surface area contributed by atoms with Gasteiger partial charge in [-0.05, 0) is 38.1 Å². The fourth-order valence-corrected chi connectivity index (χ4v) is 4.72.